The number of imidazole rings is 1. The Balaban J connectivity index is 3.03. The van der Waals surface area contributed by atoms with Crippen LogP contribution in [0.4, 0.5) is 5.82 Å². The van der Waals surface area contributed by atoms with E-state index in [4.69, 9.17) is 15.9 Å². The molecule has 0 saturated heterocycles. The van der Waals surface area contributed by atoms with E-state index in [1.807, 2.05) is 0 Å². The molecule has 1 aromatic heterocycles. The minimum Gasteiger partial charge on any atom is -0.475 e. The minimum atomic E-state index is -1.15. The van der Waals surface area contributed by atoms with E-state index >= 15 is 0 Å². The largest absolute Gasteiger partial charge is 0.475 e. The van der Waals surface area contributed by atoms with Crippen LogP contribution in [0.5, 0.6) is 0 Å². The lowest BCUT2D eigenvalue weighted by molar-refractivity contribution is 0.0677. The number of nitrogens with two attached hydrogens (primary N) is 1. The first-order valence-electron chi connectivity index (χ1n) is 3.32. The Morgan fingerprint density at radius 2 is 2.42 bits per heavy atom. The van der Waals surface area contributed by atoms with Crippen molar-refractivity contribution in [1.82, 2.24) is 9.55 Å². The van der Waals surface area contributed by atoms with Crippen molar-refractivity contribution in [2.75, 3.05) is 12.3 Å². The Bertz CT molecular complexity index is 294. The van der Waals surface area contributed by atoms with E-state index in [0.29, 0.717) is 0 Å². The van der Waals surface area contributed by atoms with Gasteiger partial charge in [0.15, 0.2) is 0 Å². The molecule has 12 heavy (non-hydrogen) atoms. The van der Waals surface area contributed by atoms with Gasteiger partial charge in [-0.3, -0.25) is 0 Å². The number of anilines is 1. The Kier molecular flexibility index (Phi) is 2.29. The third kappa shape index (κ3) is 1.37. The van der Waals surface area contributed by atoms with E-state index in [2.05, 4.69) is 4.98 Å². The second-order valence-electron chi connectivity index (χ2n) is 2.19. The first kappa shape index (κ1) is 8.54. The normalized spacial score (nSPS) is 10.1. The number of aliphatic hydroxyl groups is 1. The molecule has 0 bridgehead atoms. The third-order valence-corrected chi connectivity index (χ3v) is 1.40. The summed E-state index contributed by atoms with van der Waals surface area (Å²) in [6.45, 7) is -0.0195. The van der Waals surface area contributed by atoms with Gasteiger partial charge in [-0.15, -0.1) is 0 Å². The monoisotopic (exact) mass is 171 g/mol. The first-order chi connectivity index (χ1) is 5.66. The summed E-state index contributed by atoms with van der Waals surface area (Å²) in [5.74, 6) is -1.07. The van der Waals surface area contributed by atoms with Crippen molar-refractivity contribution in [1.29, 1.82) is 0 Å². The van der Waals surface area contributed by atoms with E-state index in [9.17, 15) is 4.79 Å². The fraction of sp³-hybridized carbons (Fsp3) is 0.333. The number of carbonyl (C=O) groups is 1. The number of nitrogen functional groups attached to an aromatic ring is 1. The second-order valence-corrected chi connectivity index (χ2v) is 2.19. The molecule has 0 atom stereocenters. The van der Waals surface area contributed by atoms with E-state index in [1.54, 1.807) is 0 Å². The van der Waals surface area contributed by atoms with Gasteiger partial charge in [0, 0.05) is 6.54 Å². The zero-order valence-corrected chi connectivity index (χ0v) is 6.27. The zero-order chi connectivity index (χ0) is 9.14. The highest BCUT2D eigenvalue weighted by molar-refractivity contribution is 5.84. The van der Waals surface area contributed by atoms with Crippen LogP contribution in [0.15, 0.2) is 6.20 Å². The molecule has 0 aliphatic heterocycles. The molecular weight excluding hydrogens is 162 g/mol. The van der Waals surface area contributed by atoms with Crippen molar-refractivity contribution in [3.8, 4) is 0 Å². The fourth-order valence-corrected chi connectivity index (χ4v) is 0.895. The molecule has 4 N–H and O–H groups in total. The van der Waals surface area contributed by atoms with Crippen molar-refractivity contribution < 1.29 is 15.0 Å². The van der Waals surface area contributed by atoms with Gasteiger partial charge in [-0.25, -0.2) is 9.78 Å². The molecule has 66 valence electrons. The molecule has 0 amide bonds. The van der Waals surface area contributed by atoms with Gasteiger partial charge in [0.25, 0.3) is 0 Å². The van der Waals surface area contributed by atoms with Crippen LogP contribution in [0.25, 0.3) is 0 Å². The van der Waals surface area contributed by atoms with Crippen molar-refractivity contribution in [3.63, 3.8) is 0 Å². The number of aromatic carboxylic acids is 1. The fourth-order valence-electron chi connectivity index (χ4n) is 0.895. The van der Waals surface area contributed by atoms with Gasteiger partial charge in [0.1, 0.15) is 5.82 Å². The Labute approximate surface area is 68.3 Å². The van der Waals surface area contributed by atoms with E-state index in [1.165, 1.54) is 10.8 Å². The molecule has 6 nitrogen and oxygen atoms in total. The molecule has 0 unspecified atom stereocenters. The topological polar surface area (TPSA) is 101 Å². The van der Waals surface area contributed by atoms with Gasteiger partial charge in [-0.05, 0) is 0 Å². The van der Waals surface area contributed by atoms with Crippen molar-refractivity contribution in [3.05, 3.63) is 12.0 Å². The van der Waals surface area contributed by atoms with Gasteiger partial charge in [-0.2, -0.15) is 0 Å². The third-order valence-electron chi connectivity index (χ3n) is 1.40. The highest BCUT2D eigenvalue weighted by Gasteiger charge is 2.13. The van der Waals surface area contributed by atoms with E-state index in [0.717, 1.165) is 0 Å². The lowest BCUT2D eigenvalue weighted by Gasteiger charge is -2.03. The quantitative estimate of drug-likeness (QED) is 0.550. The molecule has 0 spiro atoms. The standard InChI is InChI=1S/C6H9N3O3/c7-4-3-8-5(6(11)12)9(4)1-2-10/h3,10H,1-2,7H2,(H,11,12). The molecule has 0 radical (unpaired) electrons. The molecule has 1 heterocycles. The number of aromatic nitrogens is 2. The number of carboxylic acids is 1. The first-order valence-corrected chi connectivity index (χ1v) is 3.32. The smallest absolute Gasteiger partial charge is 0.372 e. The Morgan fingerprint density at radius 3 is 2.92 bits per heavy atom. The Hall–Kier alpha value is -1.56. The summed E-state index contributed by atoms with van der Waals surface area (Å²) in [7, 11) is 0. The van der Waals surface area contributed by atoms with Gasteiger partial charge in [0.2, 0.25) is 5.82 Å². The second kappa shape index (κ2) is 3.22. The average molecular weight is 171 g/mol. The summed E-state index contributed by atoms with van der Waals surface area (Å²) in [5, 5.41) is 17.2. The van der Waals surface area contributed by atoms with Crippen molar-refractivity contribution >= 4 is 11.8 Å². The summed E-state index contributed by atoms with van der Waals surface area (Å²) in [5.41, 5.74) is 5.39. The molecule has 1 rings (SSSR count). The summed E-state index contributed by atoms with van der Waals surface area (Å²) in [4.78, 5) is 14.1. The maximum atomic E-state index is 10.5. The molecule has 0 aliphatic carbocycles. The number of carboxylic acid groups (broad SMARTS) is 1. The van der Waals surface area contributed by atoms with Crippen LogP contribution in [0, 0.1) is 0 Å². The maximum Gasteiger partial charge on any atom is 0.372 e. The van der Waals surface area contributed by atoms with Crippen molar-refractivity contribution in [2.24, 2.45) is 0 Å². The lowest BCUT2D eigenvalue weighted by atomic mass is 10.5. The SMILES string of the molecule is Nc1cnc(C(=O)O)n1CCO. The van der Waals surface area contributed by atoms with Crippen molar-refractivity contribution in [2.45, 2.75) is 6.54 Å². The predicted octanol–water partition coefficient (Wildman–Crippen LogP) is -0.844. The number of rotatable bonds is 3. The number of aliphatic hydroxyl groups excluding tert-OH is 1. The minimum absolute atomic E-state index is 0.146. The molecule has 0 aromatic carbocycles. The van der Waals surface area contributed by atoms with Crippen LogP contribution in [0.1, 0.15) is 10.6 Å². The van der Waals surface area contributed by atoms with E-state index in [-0.39, 0.29) is 24.8 Å². The highest BCUT2D eigenvalue weighted by atomic mass is 16.4. The van der Waals surface area contributed by atoms with Gasteiger partial charge in [-0.1, -0.05) is 0 Å². The molecular formula is C6H9N3O3. The van der Waals surface area contributed by atoms with Gasteiger partial charge < -0.3 is 20.5 Å². The number of hydrogen-bond donors (Lipinski definition) is 3. The summed E-state index contributed by atoms with van der Waals surface area (Å²) in [6, 6.07) is 0. The number of hydrogen-bond acceptors (Lipinski definition) is 4. The van der Waals surface area contributed by atoms with Crippen LogP contribution < -0.4 is 5.73 Å². The van der Waals surface area contributed by atoms with Crippen LogP contribution in [-0.4, -0.2) is 32.3 Å². The molecule has 1 aromatic rings. The molecule has 0 aliphatic rings. The van der Waals surface area contributed by atoms with Crippen LogP contribution in [0.3, 0.4) is 0 Å². The summed E-state index contributed by atoms with van der Waals surface area (Å²) < 4.78 is 1.24. The van der Waals surface area contributed by atoms with Gasteiger partial charge in [0.05, 0.1) is 12.8 Å². The van der Waals surface area contributed by atoms with Gasteiger partial charge >= 0.3 is 5.97 Å². The number of nitrogens with zero attached hydrogens (tertiary/aromatic N) is 2. The summed E-state index contributed by atoms with van der Waals surface area (Å²) in [6.07, 6.45) is 1.25. The van der Waals surface area contributed by atoms with Crippen LogP contribution in [0.2, 0.25) is 0 Å². The highest BCUT2D eigenvalue weighted by Crippen LogP contribution is 2.06. The summed E-state index contributed by atoms with van der Waals surface area (Å²) >= 11 is 0. The lowest BCUT2D eigenvalue weighted by Crippen LogP contribution is -2.13. The van der Waals surface area contributed by atoms with Crippen LogP contribution >= 0.6 is 0 Å². The molecule has 0 saturated carbocycles. The molecule has 0 fully saturated rings. The average Bonchev–Trinajstić information content (AvgIpc) is 2.34. The van der Waals surface area contributed by atoms with Crippen LogP contribution in [-0.2, 0) is 6.54 Å². The Morgan fingerprint density at radius 1 is 1.75 bits per heavy atom. The zero-order valence-electron chi connectivity index (χ0n) is 6.27. The maximum absolute atomic E-state index is 10.5. The van der Waals surface area contributed by atoms with E-state index < -0.39 is 5.97 Å². The molecule has 6 heteroatoms. The predicted molar refractivity (Wildman–Crippen MR) is 40.7 cm³/mol.